The Labute approximate surface area is 78.8 Å². The molecule has 4 heteroatoms. The molecule has 0 aliphatic carbocycles. The van der Waals surface area contributed by atoms with Crippen LogP contribution in [0.25, 0.3) is 0 Å². The van der Waals surface area contributed by atoms with E-state index >= 15 is 0 Å². The van der Waals surface area contributed by atoms with E-state index < -0.39 is 0 Å². The van der Waals surface area contributed by atoms with Crippen LogP contribution in [0.15, 0.2) is 0 Å². The number of hydrogen-bond donors (Lipinski definition) is 2. The highest BCUT2D eigenvalue weighted by Crippen LogP contribution is 2.14. The zero-order valence-electron chi connectivity index (χ0n) is 7.92. The fourth-order valence-electron chi connectivity index (χ4n) is 1.46. The summed E-state index contributed by atoms with van der Waals surface area (Å²) in [5.74, 6) is 0.0421. The molecule has 1 aliphatic rings. The predicted octanol–water partition coefficient (Wildman–Crippen LogP) is 0.0205. The van der Waals surface area contributed by atoms with E-state index in [1.807, 2.05) is 0 Å². The molecular formula is C9H18N2O2. The van der Waals surface area contributed by atoms with Crippen molar-refractivity contribution in [3.8, 4) is 0 Å². The van der Waals surface area contributed by atoms with Crippen molar-refractivity contribution in [3.63, 3.8) is 0 Å². The number of nitrogens with one attached hydrogen (secondary N) is 1. The Kier molecular flexibility index (Phi) is 4.78. The van der Waals surface area contributed by atoms with Crippen LogP contribution >= 0.6 is 0 Å². The fraction of sp³-hybridized carbons (Fsp3) is 0.889. The first-order chi connectivity index (χ1) is 6.33. The van der Waals surface area contributed by atoms with E-state index in [1.54, 1.807) is 0 Å². The molecule has 3 N–H and O–H groups in total. The van der Waals surface area contributed by atoms with Crippen molar-refractivity contribution in [2.75, 3.05) is 19.7 Å². The van der Waals surface area contributed by atoms with Crippen molar-refractivity contribution in [1.82, 2.24) is 5.32 Å². The fourth-order valence-corrected chi connectivity index (χ4v) is 1.46. The lowest BCUT2D eigenvalue weighted by Gasteiger charge is -2.09. The maximum atomic E-state index is 11.0. The van der Waals surface area contributed by atoms with E-state index in [9.17, 15) is 4.79 Å². The molecule has 1 amide bonds. The predicted molar refractivity (Wildman–Crippen MR) is 50.3 cm³/mol. The molecule has 1 aliphatic heterocycles. The van der Waals surface area contributed by atoms with E-state index in [1.165, 1.54) is 0 Å². The van der Waals surface area contributed by atoms with Gasteiger partial charge in [-0.15, -0.1) is 0 Å². The molecule has 1 saturated heterocycles. The summed E-state index contributed by atoms with van der Waals surface area (Å²) in [4.78, 5) is 11.0. The summed E-state index contributed by atoms with van der Waals surface area (Å²) in [6, 6.07) is 0. The molecule has 1 fully saturated rings. The van der Waals surface area contributed by atoms with Gasteiger partial charge in [-0.25, -0.2) is 0 Å². The first-order valence-electron chi connectivity index (χ1n) is 4.91. The van der Waals surface area contributed by atoms with Gasteiger partial charge in [0.25, 0.3) is 0 Å². The third-order valence-electron chi connectivity index (χ3n) is 2.18. The largest absolute Gasteiger partial charge is 0.378 e. The normalized spacial score (nSPS) is 21.8. The summed E-state index contributed by atoms with van der Waals surface area (Å²) < 4.78 is 5.42. The van der Waals surface area contributed by atoms with Crippen LogP contribution in [0.4, 0.5) is 0 Å². The first-order valence-corrected chi connectivity index (χ1v) is 4.91. The minimum Gasteiger partial charge on any atom is -0.378 e. The number of hydrogen-bond acceptors (Lipinski definition) is 3. The van der Waals surface area contributed by atoms with Gasteiger partial charge in [0.2, 0.25) is 5.91 Å². The maximum absolute atomic E-state index is 11.0. The summed E-state index contributed by atoms with van der Waals surface area (Å²) in [5, 5.41) is 2.81. The summed E-state index contributed by atoms with van der Waals surface area (Å²) in [5.41, 5.74) is 5.24. The quantitative estimate of drug-likeness (QED) is 0.636. The summed E-state index contributed by atoms with van der Waals surface area (Å²) in [7, 11) is 0. The van der Waals surface area contributed by atoms with Crippen LogP contribution in [0.2, 0.25) is 0 Å². The summed E-state index contributed by atoms with van der Waals surface area (Å²) in [6.45, 7) is 2.01. The monoisotopic (exact) mass is 186 g/mol. The zero-order valence-corrected chi connectivity index (χ0v) is 7.92. The zero-order chi connectivity index (χ0) is 9.52. The van der Waals surface area contributed by atoms with Crippen molar-refractivity contribution in [2.24, 2.45) is 5.73 Å². The van der Waals surface area contributed by atoms with Crippen LogP contribution in [0.1, 0.15) is 25.7 Å². The van der Waals surface area contributed by atoms with Crippen LogP contribution < -0.4 is 11.1 Å². The van der Waals surface area contributed by atoms with Crippen molar-refractivity contribution in [2.45, 2.75) is 31.8 Å². The molecular weight excluding hydrogens is 168 g/mol. The number of ether oxygens (including phenoxy) is 1. The minimum absolute atomic E-state index is 0.0421. The molecule has 0 aromatic carbocycles. The van der Waals surface area contributed by atoms with Crippen molar-refractivity contribution in [1.29, 1.82) is 0 Å². The molecule has 76 valence electrons. The van der Waals surface area contributed by atoms with Crippen LogP contribution in [0.5, 0.6) is 0 Å². The SMILES string of the molecule is NCCC(=O)NCCC1CCCO1. The number of carbonyl (C=O) groups is 1. The highest BCUT2D eigenvalue weighted by molar-refractivity contribution is 5.75. The highest BCUT2D eigenvalue weighted by Gasteiger charge is 2.14. The van der Waals surface area contributed by atoms with Gasteiger partial charge in [0.15, 0.2) is 0 Å². The Bertz CT molecular complexity index is 156. The topological polar surface area (TPSA) is 64.4 Å². The molecule has 13 heavy (non-hydrogen) atoms. The summed E-state index contributed by atoms with van der Waals surface area (Å²) in [6.07, 6.45) is 3.99. The lowest BCUT2D eigenvalue weighted by molar-refractivity contribution is -0.120. The molecule has 0 radical (unpaired) electrons. The first kappa shape index (κ1) is 10.5. The number of rotatable bonds is 5. The van der Waals surface area contributed by atoms with Gasteiger partial charge in [-0.2, -0.15) is 0 Å². The summed E-state index contributed by atoms with van der Waals surface area (Å²) >= 11 is 0. The van der Waals surface area contributed by atoms with E-state index in [0.29, 0.717) is 25.6 Å². The molecule has 0 aromatic rings. The van der Waals surface area contributed by atoms with Gasteiger partial charge in [0, 0.05) is 26.1 Å². The van der Waals surface area contributed by atoms with Gasteiger partial charge < -0.3 is 15.8 Å². The molecule has 1 heterocycles. The second-order valence-electron chi connectivity index (χ2n) is 3.31. The van der Waals surface area contributed by atoms with Gasteiger partial charge in [-0.05, 0) is 19.3 Å². The van der Waals surface area contributed by atoms with Crippen molar-refractivity contribution in [3.05, 3.63) is 0 Å². The van der Waals surface area contributed by atoms with Crippen molar-refractivity contribution >= 4 is 5.91 Å². The molecule has 1 atom stereocenters. The van der Waals surface area contributed by atoms with E-state index in [0.717, 1.165) is 25.9 Å². The van der Waals surface area contributed by atoms with Gasteiger partial charge in [-0.1, -0.05) is 0 Å². The van der Waals surface area contributed by atoms with Gasteiger partial charge in [-0.3, -0.25) is 4.79 Å². The Balaban J connectivity index is 1.96. The lowest BCUT2D eigenvalue weighted by Crippen LogP contribution is -2.28. The third-order valence-corrected chi connectivity index (χ3v) is 2.18. The third kappa shape index (κ3) is 4.24. The van der Waals surface area contributed by atoms with Crippen LogP contribution in [0.3, 0.4) is 0 Å². The average molecular weight is 186 g/mol. The number of amides is 1. The molecule has 0 spiro atoms. The smallest absolute Gasteiger partial charge is 0.221 e. The van der Waals surface area contributed by atoms with E-state index in [4.69, 9.17) is 10.5 Å². The second-order valence-corrected chi connectivity index (χ2v) is 3.31. The molecule has 4 nitrogen and oxygen atoms in total. The van der Waals surface area contributed by atoms with Crippen LogP contribution in [0, 0.1) is 0 Å². The number of nitrogens with two attached hydrogens (primary N) is 1. The lowest BCUT2D eigenvalue weighted by atomic mass is 10.2. The molecule has 1 rings (SSSR count). The van der Waals surface area contributed by atoms with E-state index in [2.05, 4.69) is 5.32 Å². The Hall–Kier alpha value is -0.610. The number of carbonyl (C=O) groups excluding carboxylic acids is 1. The molecule has 0 aromatic heterocycles. The van der Waals surface area contributed by atoms with Crippen molar-refractivity contribution < 1.29 is 9.53 Å². The average Bonchev–Trinajstić information content (AvgIpc) is 2.57. The molecule has 1 unspecified atom stereocenters. The Morgan fingerprint density at radius 1 is 1.62 bits per heavy atom. The van der Waals surface area contributed by atoms with E-state index in [-0.39, 0.29) is 5.91 Å². The maximum Gasteiger partial charge on any atom is 0.221 e. The Morgan fingerprint density at radius 2 is 2.46 bits per heavy atom. The van der Waals surface area contributed by atoms with Gasteiger partial charge in [0.05, 0.1) is 6.10 Å². The highest BCUT2D eigenvalue weighted by atomic mass is 16.5. The Morgan fingerprint density at radius 3 is 3.08 bits per heavy atom. The van der Waals surface area contributed by atoms with Gasteiger partial charge >= 0.3 is 0 Å². The molecule has 0 saturated carbocycles. The van der Waals surface area contributed by atoms with Crippen LogP contribution in [-0.4, -0.2) is 31.7 Å². The van der Waals surface area contributed by atoms with Gasteiger partial charge in [0.1, 0.15) is 0 Å². The molecule has 0 bridgehead atoms. The second kappa shape index (κ2) is 5.94. The van der Waals surface area contributed by atoms with Crippen LogP contribution in [-0.2, 0) is 9.53 Å². The minimum atomic E-state index is 0.0421. The standard InChI is InChI=1S/C9H18N2O2/c10-5-3-9(12)11-6-4-8-2-1-7-13-8/h8H,1-7,10H2,(H,11,12).